The average Bonchev–Trinajstić information content (AvgIpc) is 3.30. The van der Waals surface area contributed by atoms with Gasteiger partial charge in [-0.15, -0.1) is 0 Å². The highest BCUT2D eigenvalue weighted by Crippen LogP contribution is 2.29. The Hall–Kier alpha value is -3.35. The number of hydrogen-bond donors (Lipinski definition) is 1. The minimum atomic E-state index is -0.425. The van der Waals surface area contributed by atoms with Crippen molar-refractivity contribution >= 4 is 35.0 Å². The number of carbonyl (C=O) groups excluding carboxylic acids is 3. The predicted octanol–water partition coefficient (Wildman–Crippen LogP) is 3.02. The normalized spacial score (nSPS) is 16.6. The van der Waals surface area contributed by atoms with Gasteiger partial charge in [0, 0.05) is 24.2 Å². The van der Waals surface area contributed by atoms with E-state index >= 15 is 0 Å². The molecule has 2 saturated heterocycles. The summed E-state index contributed by atoms with van der Waals surface area (Å²) in [6, 6.07) is 14.1. The molecule has 0 radical (unpaired) electrons. The number of nitrogens with one attached hydrogen (secondary N) is 1. The molecule has 0 atom stereocenters. The van der Waals surface area contributed by atoms with E-state index in [2.05, 4.69) is 5.32 Å². The molecule has 27 heavy (non-hydrogen) atoms. The molecule has 0 aromatic heterocycles. The molecule has 0 bridgehead atoms. The van der Waals surface area contributed by atoms with Crippen molar-refractivity contribution in [3.8, 4) is 0 Å². The summed E-state index contributed by atoms with van der Waals surface area (Å²) >= 11 is 0. The molecule has 2 fully saturated rings. The van der Waals surface area contributed by atoms with Crippen molar-refractivity contribution in [1.82, 2.24) is 0 Å². The van der Waals surface area contributed by atoms with Crippen molar-refractivity contribution < 1.29 is 19.1 Å². The standard InChI is InChI=1S/C20H19N3O4/c24-18-9-4-10-22(18)15-6-3-5-14(13-15)19(25)21-16-7-1-2-8-17(16)23-11-12-27-20(23)26/h1-3,5-8,13H,4,9-12H2,(H,21,25). The number of cyclic esters (lactones) is 1. The van der Waals surface area contributed by atoms with Crippen molar-refractivity contribution in [3.05, 3.63) is 54.1 Å². The SMILES string of the molecule is O=C(Nc1ccccc1N1CCOC1=O)c1cccc(N2CCCC2=O)c1. The minimum absolute atomic E-state index is 0.0745. The summed E-state index contributed by atoms with van der Waals surface area (Å²) in [4.78, 5) is 39.8. The highest BCUT2D eigenvalue weighted by Gasteiger charge is 2.26. The van der Waals surface area contributed by atoms with E-state index in [9.17, 15) is 14.4 Å². The Bertz CT molecular complexity index is 912. The van der Waals surface area contributed by atoms with Crippen molar-refractivity contribution in [2.24, 2.45) is 0 Å². The summed E-state index contributed by atoms with van der Waals surface area (Å²) in [5.41, 5.74) is 2.30. The van der Waals surface area contributed by atoms with Gasteiger partial charge < -0.3 is 15.0 Å². The first kappa shape index (κ1) is 17.1. The maximum atomic E-state index is 12.8. The lowest BCUT2D eigenvalue weighted by molar-refractivity contribution is -0.117. The Morgan fingerprint density at radius 1 is 1.00 bits per heavy atom. The number of carbonyl (C=O) groups is 3. The van der Waals surface area contributed by atoms with Gasteiger partial charge in [-0.25, -0.2) is 4.79 Å². The molecule has 2 aliphatic rings. The van der Waals surface area contributed by atoms with Crippen LogP contribution in [-0.4, -0.2) is 37.6 Å². The lowest BCUT2D eigenvalue weighted by Crippen LogP contribution is -2.25. The monoisotopic (exact) mass is 365 g/mol. The molecule has 0 saturated carbocycles. The number of ether oxygens (including phenoxy) is 1. The molecule has 138 valence electrons. The van der Waals surface area contributed by atoms with Gasteiger partial charge in [0.05, 0.1) is 17.9 Å². The molecule has 1 N–H and O–H groups in total. The Kier molecular flexibility index (Phi) is 4.50. The minimum Gasteiger partial charge on any atom is -0.447 e. The van der Waals surface area contributed by atoms with Crippen LogP contribution < -0.4 is 15.1 Å². The Balaban J connectivity index is 1.57. The molecular formula is C20H19N3O4. The number of rotatable bonds is 4. The van der Waals surface area contributed by atoms with Gasteiger partial charge in [0.1, 0.15) is 6.61 Å². The van der Waals surface area contributed by atoms with Gasteiger partial charge >= 0.3 is 6.09 Å². The molecule has 2 aromatic rings. The second kappa shape index (κ2) is 7.11. The Labute approximate surface area is 156 Å². The van der Waals surface area contributed by atoms with Crippen molar-refractivity contribution in [2.75, 3.05) is 34.8 Å². The van der Waals surface area contributed by atoms with Gasteiger partial charge in [0.25, 0.3) is 5.91 Å². The lowest BCUT2D eigenvalue weighted by Gasteiger charge is -2.19. The Morgan fingerprint density at radius 3 is 2.59 bits per heavy atom. The number of para-hydroxylation sites is 2. The molecule has 0 spiro atoms. The van der Waals surface area contributed by atoms with Crippen LogP contribution in [-0.2, 0) is 9.53 Å². The quantitative estimate of drug-likeness (QED) is 0.903. The van der Waals surface area contributed by atoms with E-state index in [0.29, 0.717) is 43.1 Å². The maximum absolute atomic E-state index is 12.8. The van der Waals surface area contributed by atoms with Gasteiger partial charge in [-0.2, -0.15) is 0 Å². The predicted molar refractivity (Wildman–Crippen MR) is 101 cm³/mol. The number of benzene rings is 2. The molecule has 7 nitrogen and oxygen atoms in total. The lowest BCUT2D eigenvalue weighted by atomic mass is 10.1. The van der Waals surface area contributed by atoms with Crippen LogP contribution in [0.15, 0.2) is 48.5 Å². The number of nitrogens with zero attached hydrogens (tertiary/aromatic N) is 2. The van der Waals surface area contributed by atoms with Crippen molar-refractivity contribution in [2.45, 2.75) is 12.8 Å². The summed E-state index contributed by atoms with van der Waals surface area (Å²) in [5.74, 6) is -0.228. The highest BCUT2D eigenvalue weighted by atomic mass is 16.6. The van der Waals surface area contributed by atoms with E-state index in [1.54, 1.807) is 47.4 Å². The van der Waals surface area contributed by atoms with Crippen LogP contribution in [0.3, 0.4) is 0 Å². The van der Waals surface area contributed by atoms with Crippen molar-refractivity contribution in [1.29, 1.82) is 0 Å². The molecule has 0 aliphatic carbocycles. The van der Waals surface area contributed by atoms with Crippen molar-refractivity contribution in [3.63, 3.8) is 0 Å². The summed E-state index contributed by atoms with van der Waals surface area (Å²) in [6.07, 6.45) is 0.941. The van der Waals surface area contributed by atoms with E-state index in [-0.39, 0.29) is 11.8 Å². The van der Waals surface area contributed by atoms with Crippen LogP contribution >= 0.6 is 0 Å². The van der Waals surface area contributed by atoms with Gasteiger partial charge in [0.15, 0.2) is 0 Å². The fourth-order valence-corrected chi connectivity index (χ4v) is 3.36. The summed E-state index contributed by atoms with van der Waals surface area (Å²) in [6.45, 7) is 1.44. The topological polar surface area (TPSA) is 79.0 Å². The van der Waals surface area contributed by atoms with Crippen LogP contribution in [0.1, 0.15) is 23.2 Å². The van der Waals surface area contributed by atoms with E-state index in [4.69, 9.17) is 4.74 Å². The van der Waals surface area contributed by atoms with E-state index in [0.717, 1.165) is 12.1 Å². The van der Waals surface area contributed by atoms with Gasteiger partial charge in [-0.1, -0.05) is 18.2 Å². The number of anilines is 3. The third-order valence-electron chi connectivity index (χ3n) is 4.70. The number of amides is 3. The zero-order valence-electron chi connectivity index (χ0n) is 14.7. The van der Waals surface area contributed by atoms with E-state index in [1.807, 2.05) is 6.07 Å². The third kappa shape index (κ3) is 3.36. The zero-order chi connectivity index (χ0) is 18.8. The first-order valence-electron chi connectivity index (χ1n) is 8.88. The van der Waals surface area contributed by atoms with E-state index in [1.165, 1.54) is 4.90 Å². The largest absolute Gasteiger partial charge is 0.447 e. The molecule has 2 heterocycles. The van der Waals surface area contributed by atoms with E-state index < -0.39 is 6.09 Å². The smallest absolute Gasteiger partial charge is 0.414 e. The molecule has 2 aliphatic heterocycles. The van der Waals surface area contributed by atoms with Crippen LogP contribution in [0.4, 0.5) is 21.9 Å². The summed E-state index contributed by atoms with van der Waals surface area (Å²) in [7, 11) is 0. The van der Waals surface area contributed by atoms with Crippen LogP contribution in [0.5, 0.6) is 0 Å². The molecule has 0 unspecified atom stereocenters. The third-order valence-corrected chi connectivity index (χ3v) is 4.70. The zero-order valence-corrected chi connectivity index (χ0v) is 14.7. The first-order valence-corrected chi connectivity index (χ1v) is 8.88. The summed E-state index contributed by atoms with van der Waals surface area (Å²) in [5, 5.41) is 2.86. The van der Waals surface area contributed by atoms with Gasteiger partial charge in [0.2, 0.25) is 5.91 Å². The van der Waals surface area contributed by atoms with Gasteiger partial charge in [-0.05, 0) is 36.8 Å². The summed E-state index contributed by atoms with van der Waals surface area (Å²) < 4.78 is 4.98. The second-order valence-corrected chi connectivity index (χ2v) is 6.44. The van der Waals surface area contributed by atoms with Crippen LogP contribution in [0, 0.1) is 0 Å². The van der Waals surface area contributed by atoms with Gasteiger partial charge in [-0.3, -0.25) is 14.5 Å². The number of hydrogen-bond acceptors (Lipinski definition) is 4. The molecule has 3 amide bonds. The first-order chi connectivity index (χ1) is 13.1. The molecular weight excluding hydrogens is 346 g/mol. The highest BCUT2D eigenvalue weighted by molar-refractivity contribution is 6.08. The molecule has 4 rings (SSSR count). The average molecular weight is 365 g/mol. The molecule has 7 heteroatoms. The second-order valence-electron chi connectivity index (χ2n) is 6.44. The molecule has 2 aromatic carbocycles. The fourth-order valence-electron chi connectivity index (χ4n) is 3.36. The maximum Gasteiger partial charge on any atom is 0.414 e. The fraction of sp³-hybridized carbons (Fsp3) is 0.250. The van der Waals surface area contributed by atoms with Crippen LogP contribution in [0.2, 0.25) is 0 Å². The van der Waals surface area contributed by atoms with Crippen LogP contribution in [0.25, 0.3) is 0 Å². The Morgan fingerprint density at radius 2 is 1.85 bits per heavy atom.